The number of benzene rings is 1. The van der Waals surface area contributed by atoms with E-state index in [0.717, 1.165) is 15.0 Å². The number of carbonyl (C=O) groups is 1. The molecule has 1 heterocycles. The normalized spacial score (nSPS) is 12.4. The van der Waals surface area contributed by atoms with Crippen LogP contribution in [0.2, 0.25) is 0 Å². The van der Waals surface area contributed by atoms with Crippen LogP contribution in [-0.4, -0.2) is 27.1 Å². The van der Waals surface area contributed by atoms with Gasteiger partial charge >= 0.3 is 0 Å². The molecule has 1 unspecified atom stereocenters. The first-order valence-electron chi connectivity index (χ1n) is 7.03. The van der Waals surface area contributed by atoms with E-state index in [2.05, 4.69) is 29.4 Å². The zero-order valence-corrected chi connectivity index (χ0v) is 15.2. The van der Waals surface area contributed by atoms with E-state index in [1.54, 1.807) is 11.8 Å². The summed E-state index contributed by atoms with van der Waals surface area (Å²) in [5, 5.41) is 11.4. The Balaban J connectivity index is 1.86. The largest absolute Gasteiger partial charge is 0.300 e. The van der Waals surface area contributed by atoms with Crippen molar-refractivity contribution < 1.29 is 4.79 Å². The second-order valence-corrected chi connectivity index (χ2v) is 8.80. The van der Waals surface area contributed by atoms with Crippen LogP contribution in [0.4, 0.5) is 5.13 Å². The van der Waals surface area contributed by atoms with Gasteiger partial charge in [-0.25, -0.2) is 0 Å². The molecule has 1 amide bonds. The van der Waals surface area contributed by atoms with Gasteiger partial charge in [0.2, 0.25) is 11.0 Å². The second-order valence-electron chi connectivity index (χ2n) is 5.14. The maximum Gasteiger partial charge on any atom is 0.239 e. The molecule has 0 bridgehead atoms. The molecule has 1 N–H and O–H groups in total. The molecule has 0 aliphatic heterocycles. The van der Waals surface area contributed by atoms with Crippen LogP contribution < -0.4 is 5.32 Å². The van der Waals surface area contributed by atoms with Gasteiger partial charge in [-0.1, -0.05) is 55.1 Å². The van der Waals surface area contributed by atoms with Crippen LogP contribution in [0.1, 0.15) is 20.8 Å². The number of aromatic nitrogens is 2. The van der Waals surface area contributed by atoms with E-state index >= 15 is 0 Å². The Kier molecular flexibility index (Phi) is 6.72. The van der Waals surface area contributed by atoms with Gasteiger partial charge in [-0.15, -0.1) is 22.0 Å². The quantitative estimate of drug-likeness (QED) is 0.590. The first-order chi connectivity index (χ1) is 10.5. The van der Waals surface area contributed by atoms with Crippen molar-refractivity contribution in [1.29, 1.82) is 0 Å². The molecule has 1 atom stereocenters. The van der Waals surface area contributed by atoms with Crippen molar-refractivity contribution in [3.63, 3.8) is 0 Å². The molecule has 1 aromatic carbocycles. The van der Waals surface area contributed by atoms with Crippen LogP contribution in [-0.2, 0) is 4.79 Å². The smallest absolute Gasteiger partial charge is 0.239 e. The Morgan fingerprint density at radius 2 is 1.95 bits per heavy atom. The van der Waals surface area contributed by atoms with Gasteiger partial charge in [-0.2, -0.15) is 0 Å². The number of rotatable bonds is 7. The number of carbonyl (C=O) groups excluding carboxylic acids is 1. The Morgan fingerprint density at radius 3 is 2.64 bits per heavy atom. The molecule has 0 spiro atoms. The first kappa shape index (κ1) is 17.3. The predicted molar refractivity (Wildman–Crippen MR) is 95.9 cm³/mol. The lowest BCUT2D eigenvalue weighted by Crippen LogP contribution is -2.22. The average Bonchev–Trinajstić information content (AvgIpc) is 2.93. The van der Waals surface area contributed by atoms with Crippen molar-refractivity contribution in [2.45, 2.75) is 35.3 Å². The monoisotopic (exact) mass is 353 g/mol. The highest BCUT2D eigenvalue weighted by atomic mass is 32.2. The summed E-state index contributed by atoms with van der Waals surface area (Å²) < 4.78 is 0.896. The summed E-state index contributed by atoms with van der Waals surface area (Å²) in [5.74, 6) is 1.56. The van der Waals surface area contributed by atoms with E-state index in [4.69, 9.17) is 0 Å². The summed E-state index contributed by atoms with van der Waals surface area (Å²) >= 11 is 4.63. The van der Waals surface area contributed by atoms with Gasteiger partial charge in [0.15, 0.2) is 4.34 Å². The molecule has 0 saturated carbocycles. The topological polar surface area (TPSA) is 54.9 Å². The van der Waals surface area contributed by atoms with Crippen LogP contribution in [0.3, 0.4) is 0 Å². The minimum absolute atomic E-state index is 0.0505. The number of nitrogens with one attached hydrogen (secondary N) is 1. The number of amides is 1. The molecular weight excluding hydrogens is 334 g/mol. The van der Waals surface area contributed by atoms with Crippen molar-refractivity contribution in [3.05, 3.63) is 30.3 Å². The third-order valence-electron chi connectivity index (χ3n) is 2.60. The molecule has 2 rings (SSSR count). The van der Waals surface area contributed by atoms with Gasteiger partial charge < -0.3 is 0 Å². The number of hydrogen-bond acceptors (Lipinski definition) is 6. The van der Waals surface area contributed by atoms with Crippen molar-refractivity contribution in [3.8, 4) is 0 Å². The molecular formula is C15H19N3OS3. The van der Waals surface area contributed by atoms with Crippen molar-refractivity contribution in [2.24, 2.45) is 5.92 Å². The van der Waals surface area contributed by atoms with Crippen LogP contribution >= 0.6 is 34.9 Å². The molecule has 7 heteroatoms. The van der Waals surface area contributed by atoms with Gasteiger partial charge in [0.05, 0.1) is 5.25 Å². The van der Waals surface area contributed by atoms with Gasteiger partial charge in [-0.05, 0) is 25.0 Å². The number of hydrogen-bond donors (Lipinski definition) is 1. The van der Waals surface area contributed by atoms with Gasteiger partial charge in [0.25, 0.3) is 0 Å². The van der Waals surface area contributed by atoms with Crippen molar-refractivity contribution in [1.82, 2.24) is 10.2 Å². The Bertz CT molecular complexity index is 601. The summed E-state index contributed by atoms with van der Waals surface area (Å²) in [6.07, 6.45) is 0. The number of nitrogens with zero attached hydrogens (tertiary/aromatic N) is 2. The summed E-state index contributed by atoms with van der Waals surface area (Å²) in [6.45, 7) is 6.22. The standard InChI is InChI=1S/C15H19N3OS3/c1-10(2)9-20-15-18-17-14(22-15)16-13(19)11(3)21-12-7-5-4-6-8-12/h4-8,10-11H,9H2,1-3H3,(H,16,17,19). The summed E-state index contributed by atoms with van der Waals surface area (Å²) in [4.78, 5) is 13.3. The highest BCUT2D eigenvalue weighted by Gasteiger charge is 2.16. The zero-order chi connectivity index (χ0) is 15.9. The summed E-state index contributed by atoms with van der Waals surface area (Å²) in [6, 6.07) is 9.90. The maximum atomic E-state index is 12.2. The lowest BCUT2D eigenvalue weighted by molar-refractivity contribution is -0.115. The minimum atomic E-state index is -0.182. The second kappa shape index (κ2) is 8.55. The maximum absolute atomic E-state index is 12.2. The summed E-state index contributed by atoms with van der Waals surface area (Å²) in [7, 11) is 0. The summed E-state index contributed by atoms with van der Waals surface area (Å²) in [5.41, 5.74) is 0. The fourth-order valence-corrected chi connectivity index (χ4v) is 4.14. The van der Waals surface area contributed by atoms with E-state index in [1.807, 2.05) is 37.3 Å². The molecule has 1 aromatic heterocycles. The van der Waals surface area contributed by atoms with Crippen LogP contribution in [0, 0.1) is 5.92 Å². The van der Waals surface area contributed by atoms with Gasteiger partial charge in [0, 0.05) is 10.6 Å². The fourth-order valence-electron chi connectivity index (χ4n) is 1.52. The molecule has 2 aromatic rings. The molecule has 0 radical (unpaired) electrons. The molecule has 4 nitrogen and oxygen atoms in total. The third kappa shape index (κ3) is 5.62. The van der Waals surface area contributed by atoms with Crippen molar-refractivity contribution >= 4 is 45.9 Å². The zero-order valence-electron chi connectivity index (χ0n) is 12.8. The van der Waals surface area contributed by atoms with Crippen LogP contribution in [0.25, 0.3) is 0 Å². The fraction of sp³-hybridized carbons (Fsp3) is 0.400. The molecule has 0 saturated heterocycles. The molecule has 0 aliphatic carbocycles. The highest BCUT2D eigenvalue weighted by molar-refractivity contribution is 8.01. The molecule has 0 fully saturated rings. The third-order valence-corrected chi connectivity index (χ3v) is 6.11. The van der Waals surface area contributed by atoms with Gasteiger partial charge in [-0.3, -0.25) is 10.1 Å². The van der Waals surface area contributed by atoms with Crippen molar-refractivity contribution in [2.75, 3.05) is 11.1 Å². The van der Waals surface area contributed by atoms with Crippen LogP contribution in [0.15, 0.2) is 39.6 Å². The highest BCUT2D eigenvalue weighted by Crippen LogP contribution is 2.28. The van der Waals surface area contributed by atoms with E-state index < -0.39 is 0 Å². The lowest BCUT2D eigenvalue weighted by Gasteiger charge is -2.09. The number of anilines is 1. The Hall–Kier alpha value is -1.05. The van der Waals surface area contributed by atoms with E-state index in [0.29, 0.717) is 11.0 Å². The lowest BCUT2D eigenvalue weighted by atomic mass is 10.3. The average molecular weight is 354 g/mol. The molecule has 22 heavy (non-hydrogen) atoms. The van der Waals surface area contributed by atoms with Gasteiger partial charge in [0.1, 0.15) is 0 Å². The van der Waals surface area contributed by atoms with E-state index in [9.17, 15) is 4.79 Å². The molecule has 0 aliphatic rings. The Labute approximate surface area is 143 Å². The Morgan fingerprint density at radius 1 is 1.23 bits per heavy atom. The predicted octanol–water partition coefficient (Wildman–Crippen LogP) is 4.41. The van der Waals surface area contributed by atoms with Crippen LogP contribution in [0.5, 0.6) is 0 Å². The first-order valence-corrected chi connectivity index (χ1v) is 9.71. The minimum Gasteiger partial charge on any atom is -0.300 e. The SMILES string of the molecule is CC(C)CSc1nnc(NC(=O)C(C)Sc2ccccc2)s1. The molecule has 118 valence electrons. The number of thioether (sulfide) groups is 2. The van der Waals surface area contributed by atoms with E-state index in [1.165, 1.54) is 23.1 Å². The van der Waals surface area contributed by atoms with E-state index in [-0.39, 0.29) is 11.2 Å².